The number of hydrogen-bond acceptors (Lipinski definition) is 5. The number of hydrogen-bond donors (Lipinski definition) is 2. The van der Waals surface area contributed by atoms with Gasteiger partial charge in [0, 0.05) is 35.8 Å². The van der Waals surface area contributed by atoms with Gasteiger partial charge < -0.3 is 19.8 Å². The second kappa shape index (κ2) is 5.49. The molecule has 1 saturated heterocycles. The Morgan fingerprint density at radius 1 is 1.29 bits per heavy atom. The molecule has 28 heavy (non-hydrogen) atoms. The highest BCUT2D eigenvalue weighted by atomic mass is 16.5. The van der Waals surface area contributed by atoms with Crippen LogP contribution in [0.15, 0.2) is 36.7 Å². The monoisotopic (exact) mass is 378 g/mol. The lowest BCUT2D eigenvalue weighted by atomic mass is 9.48. The number of rotatable bonds is 2. The maximum atomic E-state index is 11.9. The highest BCUT2D eigenvalue weighted by Crippen LogP contribution is 2.65. The van der Waals surface area contributed by atoms with Crippen LogP contribution in [0.25, 0.3) is 0 Å². The van der Waals surface area contributed by atoms with Crippen molar-refractivity contribution in [1.82, 2.24) is 9.88 Å². The normalized spacial score (nSPS) is 38.0. The summed E-state index contributed by atoms with van der Waals surface area (Å²) in [4.78, 5) is 6.73. The minimum absolute atomic E-state index is 0.200. The van der Waals surface area contributed by atoms with Gasteiger partial charge in [0.1, 0.15) is 11.7 Å². The van der Waals surface area contributed by atoms with Crippen LogP contribution < -0.4 is 4.74 Å². The third kappa shape index (κ3) is 1.96. The molecule has 6 rings (SSSR count). The minimum Gasteiger partial charge on any atom is -0.504 e. The summed E-state index contributed by atoms with van der Waals surface area (Å²) in [6.07, 6.45) is 7.48. The van der Waals surface area contributed by atoms with Gasteiger partial charge in [-0.25, -0.2) is 0 Å². The van der Waals surface area contributed by atoms with E-state index in [2.05, 4.69) is 23.0 Å². The number of aliphatic hydroxyl groups is 1. The summed E-state index contributed by atoms with van der Waals surface area (Å²) in [7, 11) is 2.23. The summed E-state index contributed by atoms with van der Waals surface area (Å²) >= 11 is 0. The Bertz CT molecular complexity index is 948. The molecule has 5 heteroatoms. The van der Waals surface area contributed by atoms with Crippen molar-refractivity contribution in [3.8, 4) is 11.5 Å². The van der Waals surface area contributed by atoms with Crippen molar-refractivity contribution in [3.05, 3.63) is 53.3 Å². The summed E-state index contributed by atoms with van der Waals surface area (Å²) in [5, 5.41) is 22.5. The molecule has 2 bridgehead atoms. The van der Waals surface area contributed by atoms with Crippen LogP contribution in [-0.2, 0) is 18.3 Å². The topological polar surface area (TPSA) is 65.8 Å². The summed E-state index contributed by atoms with van der Waals surface area (Å²) < 4.78 is 6.49. The summed E-state index contributed by atoms with van der Waals surface area (Å²) in [6, 6.07) is 8.25. The van der Waals surface area contributed by atoms with Crippen molar-refractivity contribution in [2.24, 2.45) is 5.92 Å². The molecular formula is C23H26N2O3. The molecule has 1 spiro atoms. The van der Waals surface area contributed by atoms with E-state index in [0.717, 1.165) is 31.4 Å². The molecule has 2 N–H and O–H groups in total. The van der Waals surface area contributed by atoms with E-state index in [1.165, 1.54) is 11.1 Å². The maximum absolute atomic E-state index is 11.9. The lowest BCUT2D eigenvalue weighted by Crippen LogP contribution is -2.70. The number of aromatic nitrogens is 1. The molecule has 4 aliphatic rings. The predicted molar refractivity (Wildman–Crippen MR) is 105 cm³/mol. The van der Waals surface area contributed by atoms with Crippen LogP contribution in [0.2, 0.25) is 0 Å². The van der Waals surface area contributed by atoms with Crippen LogP contribution in [0.3, 0.4) is 0 Å². The molecule has 3 heterocycles. The van der Waals surface area contributed by atoms with Gasteiger partial charge in [-0.15, -0.1) is 0 Å². The molecule has 2 fully saturated rings. The fourth-order valence-corrected chi connectivity index (χ4v) is 6.90. The van der Waals surface area contributed by atoms with Crippen LogP contribution in [0.1, 0.15) is 36.0 Å². The number of benzene rings is 1. The zero-order chi connectivity index (χ0) is 19.1. The average Bonchev–Trinajstić information content (AvgIpc) is 3.05. The molecule has 5 nitrogen and oxygen atoms in total. The first-order valence-electron chi connectivity index (χ1n) is 10.4. The SMILES string of the molecule is CN1CC[C@]23c4c5ccc(O)c4O[C@H]2[C@](O)(Cc2cccnc2)CC[C@H]3[C@H]1C5. The standard InChI is InChI=1S/C23H26N2O3/c1-25-10-8-23-16-6-7-22(27,12-14-3-2-9-24-13-14)21(23)28-20-18(26)5-4-15(19(20)23)11-17(16)25/h2-5,9,13,16-17,21,26-27H,6-8,10-12H2,1H3/t16-,17+,21-,22+,23-/m0/s1. The van der Waals surface area contributed by atoms with Crippen molar-refractivity contribution in [2.75, 3.05) is 13.6 Å². The Kier molecular flexibility index (Phi) is 3.29. The third-order valence-electron chi connectivity index (χ3n) is 8.00. The smallest absolute Gasteiger partial charge is 0.165 e. The molecule has 1 aromatic heterocycles. The molecule has 1 saturated carbocycles. The van der Waals surface area contributed by atoms with Gasteiger partial charge in [-0.05, 0) is 68.5 Å². The molecule has 0 radical (unpaired) electrons. The average molecular weight is 378 g/mol. The number of nitrogens with zero attached hydrogens (tertiary/aromatic N) is 2. The molecule has 0 unspecified atom stereocenters. The molecule has 2 aliphatic heterocycles. The lowest BCUT2D eigenvalue weighted by Gasteiger charge is -2.60. The lowest BCUT2D eigenvalue weighted by molar-refractivity contribution is -0.156. The van der Waals surface area contributed by atoms with Crippen LogP contribution in [0.4, 0.5) is 0 Å². The first-order chi connectivity index (χ1) is 13.5. The number of aromatic hydroxyl groups is 1. The van der Waals surface area contributed by atoms with E-state index in [1.807, 2.05) is 18.3 Å². The van der Waals surface area contributed by atoms with Crippen molar-refractivity contribution in [1.29, 1.82) is 0 Å². The number of likely N-dealkylation sites (tertiary alicyclic amines) is 1. The summed E-state index contributed by atoms with van der Waals surface area (Å²) in [6.45, 7) is 0.999. The van der Waals surface area contributed by atoms with Gasteiger partial charge in [0.2, 0.25) is 0 Å². The third-order valence-corrected chi connectivity index (χ3v) is 8.00. The second-order valence-electron chi connectivity index (χ2n) is 9.28. The van der Waals surface area contributed by atoms with Gasteiger partial charge in [0.05, 0.1) is 0 Å². The molecule has 0 amide bonds. The minimum atomic E-state index is -0.958. The van der Waals surface area contributed by atoms with Crippen LogP contribution in [0, 0.1) is 5.92 Å². The Hall–Kier alpha value is -2.11. The van der Waals surface area contributed by atoms with E-state index in [4.69, 9.17) is 4.74 Å². The fraction of sp³-hybridized carbons (Fsp3) is 0.522. The highest BCUT2D eigenvalue weighted by Gasteiger charge is 2.68. The Morgan fingerprint density at radius 2 is 2.18 bits per heavy atom. The molecule has 2 aliphatic carbocycles. The van der Waals surface area contributed by atoms with Crippen molar-refractivity contribution in [3.63, 3.8) is 0 Å². The number of ether oxygens (including phenoxy) is 1. The van der Waals surface area contributed by atoms with E-state index in [-0.39, 0.29) is 17.3 Å². The van der Waals surface area contributed by atoms with Gasteiger partial charge in [-0.3, -0.25) is 4.98 Å². The molecular weight excluding hydrogens is 352 g/mol. The fourth-order valence-electron chi connectivity index (χ4n) is 6.90. The summed E-state index contributed by atoms with van der Waals surface area (Å²) in [5.74, 6) is 1.30. The van der Waals surface area contributed by atoms with Crippen molar-refractivity contribution in [2.45, 2.75) is 55.3 Å². The molecule has 1 aromatic carbocycles. The number of phenolic OH excluding ortho intramolecular Hbond substituents is 1. The highest BCUT2D eigenvalue weighted by molar-refractivity contribution is 5.61. The van der Waals surface area contributed by atoms with Crippen molar-refractivity contribution >= 4 is 0 Å². The van der Waals surface area contributed by atoms with Crippen LogP contribution in [0.5, 0.6) is 11.5 Å². The van der Waals surface area contributed by atoms with Crippen LogP contribution >= 0.6 is 0 Å². The van der Waals surface area contributed by atoms with E-state index < -0.39 is 5.60 Å². The van der Waals surface area contributed by atoms with Gasteiger partial charge >= 0.3 is 0 Å². The van der Waals surface area contributed by atoms with Gasteiger partial charge in [0.25, 0.3) is 0 Å². The first-order valence-corrected chi connectivity index (χ1v) is 10.4. The number of phenols is 1. The maximum Gasteiger partial charge on any atom is 0.165 e. The predicted octanol–water partition coefficient (Wildman–Crippen LogP) is 2.43. The van der Waals surface area contributed by atoms with E-state index in [0.29, 0.717) is 30.6 Å². The Morgan fingerprint density at radius 3 is 3.00 bits per heavy atom. The van der Waals surface area contributed by atoms with Gasteiger partial charge in [0.15, 0.2) is 11.5 Å². The Balaban J connectivity index is 1.52. The van der Waals surface area contributed by atoms with E-state index in [9.17, 15) is 10.2 Å². The van der Waals surface area contributed by atoms with Gasteiger partial charge in [-0.2, -0.15) is 0 Å². The number of likely N-dealkylation sites (N-methyl/N-ethyl adjacent to an activating group) is 1. The number of pyridine rings is 1. The Labute approximate surface area is 165 Å². The molecule has 2 aromatic rings. The van der Waals surface area contributed by atoms with Gasteiger partial charge in [-0.1, -0.05) is 12.1 Å². The van der Waals surface area contributed by atoms with E-state index >= 15 is 0 Å². The van der Waals surface area contributed by atoms with Crippen molar-refractivity contribution < 1.29 is 14.9 Å². The first kappa shape index (κ1) is 16.8. The number of piperidine rings is 1. The zero-order valence-corrected chi connectivity index (χ0v) is 16.1. The molecule has 146 valence electrons. The zero-order valence-electron chi connectivity index (χ0n) is 16.1. The van der Waals surface area contributed by atoms with E-state index in [1.54, 1.807) is 12.3 Å². The van der Waals surface area contributed by atoms with Crippen LogP contribution in [-0.4, -0.2) is 51.4 Å². The molecule has 5 atom stereocenters. The largest absolute Gasteiger partial charge is 0.504 e. The quantitative estimate of drug-likeness (QED) is 0.840. The second-order valence-corrected chi connectivity index (χ2v) is 9.28. The summed E-state index contributed by atoms with van der Waals surface area (Å²) in [5.41, 5.74) is 2.35.